The maximum absolute atomic E-state index is 12.9. The quantitative estimate of drug-likeness (QED) is 0.521. The molecule has 0 aliphatic heterocycles. The highest BCUT2D eigenvalue weighted by Gasteiger charge is 2.59. The van der Waals surface area contributed by atoms with E-state index in [1.807, 2.05) is 30.3 Å². The standard InChI is InChI=1S/C26H38O3/c1-17(2)26(6)23(29-22(27)13-12-19-10-8-7-9-11-19)21-15-18(3)14-20(21)16-25(4,5)24(26)28/h7-13,17-18,20-21,23-24,28H,14-16H2,1-6H3/b13-12-/t18-,20-,21-,23-,24-,26-/m0/s1. The van der Waals surface area contributed by atoms with E-state index in [2.05, 4.69) is 41.5 Å². The van der Waals surface area contributed by atoms with Gasteiger partial charge < -0.3 is 9.84 Å². The van der Waals surface area contributed by atoms with Crippen LogP contribution in [0.1, 0.15) is 66.4 Å². The zero-order chi connectivity index (χ0) is 21.4. The van der Waals surface area contributed by atoms with Crippen LogP contribution in [0.3, 0.4) is 0 Å². The van der Waals surface area contributed by atoms with Gasteiger partial charge in [0.15, 0.2) is 0 Å². The van der Waals surface area contributed by atoms with Gasteiger partial charge in [0.05, 0.1) is 6.10 Å². The van der Waals surface area contributed by atoms with Crippen LogP contribution < -0.4 is 0 Å². The van der Waals surface area contributed by atoms with Crippen LogP contribution in [0.15, 0.2) is 36.4 Å². The number of fused-ring (bicyclic) bond motifs is 1. The minimum atomic E-state index is -0.521. The van der Waals surface area contributed by atoms with Gasteiger partial charge in [-0.15, -0.1) is 0 Å². The number of esters is 1. The van der Waals surface area contributed by atoms with Crippen molar-refractivity contribution < 1.29 is 14.6 Å². The van der Waals surface area contributed by atoms with E-state index in [0.717, 1.165) is 24.8 Å². The Hall–Kier alpha value is -1.61. The molecule has 2 fully saturated rings. The topological polar surface area (TPSA) is 46.5 Å². The van der Waals surface area contributed by atoms with Crippen LogP contribution in [-0.4, -0.2) is 23.3 Å². The Morgan fingerprint density at radius 3 is 2.45 bits per heavy atom. The van der Waals surface area contributed by atoms with E-state index in [1.54, 1.807) is 6.08 Å². The predicted octanol–water partition coefficient (Wildman–Crippen LogP) is 5.73. The molecule has 1 aromatic rings. The first-order chi connectivity index (χ1) is 13.6. The monoisotopic (exact) mass is 398 g/mol. The van der Waals surface area contributed by atoms with Gasteiger partial charge in [0.2, 0.25) is 0 Å². The molecule has 0 saturated heterocycles. The van der Waals surface area contributed by atoms with Crippen molar-refractivity contribution in [2.75, 3.05) is 0 Å². The van der Waals surface area contributed by atoms with Gasteiger partial charge in [0.25, 0.3) is 0 Å². The van der Waals surface area contributed by atoms with Crippen LogP contribution in [0.25, 0.3) is 6.08 Å². The molecule has 0 bridgehead atoms. The molecule has 2 aliphatic rings. The van der Waals surface area contributed by atoms with Crippen LogP contribution in [0.4, 0.5) is 0 Å². The largest absolute Gasteiger partial charge is 0.458 e. The molecule has 29 heavy (non-hydrogen) atoms. The summed E-state index contributed by atoms with van der Waals surface area (Å²) in [6.07, 6.45) is 5.75. The lowest BCUT2D eigenvalue weighted by molar-refractivity contribution is -0.175. The fourth-order valence-electron chi connectivity index (χ4n) is 6.05. The Kier molecular flexibility index (Phi) is 6.29. The Morgan fingerprint density at radius 1 is 1.17 bits per heavy atom. The third-order valence-electron chi connectivity index (χ3n) is 7.80. The van der Waals surface area contributed by atoms with Crippen LogP contribution in [0.2, 0.25) is 0 Å². The van der Waals surface area contributed by atoms with Crippen molar-refractivity contribution in [1.29, 1.82) is 0 Å². The highest BCUT2D eigenvalue weighted by atomic mass is 16.5. The van der Waals surface area contributed by atoms with Crippen molar-refractivity contribution in [3.63, 3.8) is 0 Å². The molecular weight excluding hydrogens is 360 g/mol. The predicted molar refractivity (Wildman–Crippen MR) is 118 cm³/mol. The summed E-state index contributed by atoms with van der Waals surface area (Å²) in [5.74, 6) is 1.32. The molecule has 1 aromatic carbocycles. The number of rotatable bonds is 4. The van der Waals surface area contributed by atoms with Crippen molar-refractivity contribution in [1.82, 2.24) is 0 Å². The van der Waals surface area contributed by atoms with E-state index >= 15 is 0 Å². The van der Waals surface area contributed by atoms with Crippen molar-refractivity contribution >= 4 is 12.0 Å². The molecule has 6 atom stereocenters. The van der Waals surface area contributed by atoms with E-state index in [1.165, 1.54) is 6.08 Å². The molecule has 0 radical (unpaired) electrons. The molecule has 1 N–H and O–H groups in total. The SMILES string of the molecule is CC(C)[C@@]1(C)[C@@H](OC(=O)/C=C\c2ccccc2)[C@H]2C[C@@H](C)C[C@H]2CC(C)(C)[C@@H]1O. The first-order valence-electron chi connectivity index (χ1n) is 11.2. The lowest BCUT2D eigenvalue weighted by Gasteiger charge is -2.48. The van der Waals surface area contributed by atoms with Gasteiger partial charge in [-0.25, -0.2) is 4.79 Å². The summed E-state index contributed by atoms with van der Waals surface area (Å²) in [5, 5.41) is 11.5. The van der Waals surface area contributed by atoms with E-state index in [4.69, 9.17) is 4.74 Å². The maximum Gasteiger partial charge on any atom is 0.331 e. The number of benzene rings is 1. The van der Waals surface area contributed by atoms with E-state index < -0.39 is 11.5 Å². The zero-order valence-corrected chi connectivity index (χ0v) is 18.9. The summed E-state index contributed by atoms with van der Waals surface area (Å²) < 4.78 is 6.21. The van der Waals surface area contributed by atoms with Gasteiger partial charge in [-0.2, -0.15) is 0 Å². The Morgan fingerprint density at radius 2 is 1.83 bits per heavy atom. The second-order valence-electron chi connectivity index (χ2n) is 10.7. The van der Waals surface area contributed by atoms with Gasteiger partial charge >= 0.3 is 5.97 Å². The Balaban J connectivity index is 1.93. The van der Waals surface area contributed by atoms with Gasteiger partial charge in [0, 0.05) is 11.5 Å². The zero-order valence-electron chi connectivity index (χ0n) is 18.9. The van der Waals surface area contributed by atoms with Gasteiger partial charge in [-0.1, -0.05) is 71.9 Å². The maximum atomic E-state index is 12.9. The van der Waals surface area contributed by atoms with E-state index in [9.17, 15) is 9.90 Å². The summed E-state index contributed by atoms with van der Waals surface area (Å²) in [4.78, 5) is 12.9. The molecule has 0 heterocycles. The highest BCUT2D eigenvalue weighted by Crippen LogP contribution is 2.57. The number of hydrogen-bond donors (Lipinski definition) is 1. The summed E-state index contributed by atoms with van der Waals surface area (Å²) in [6, 6.07) is 9.80. The number of carbonyl (C=O) groups excluding carboxylic acids is 1. The lowest BCUT2D eigenvalue weighted by Crippen LogP contribution is -2.54. The van der Waals surface area contributed by atoms with Crippen molar-refractivity contribution in [2.24, 2.45) is 34.5 Å². The van der Waals surface area contributed by atoms with E-state index in [-0.39, 0.29) is 23.4 Å². The molecule has 0 unspecified atom stereocenters. The number of aliphatic hydroxyl groups is 1. The summed E-state index contributed by atoms with van der Waals surface area (Å²) in [5.41, 5.74) is 0.293. The number of hydrogen-bond acceptors (Lipinski definition) is 3. The van der Waals surface area contributed by atoms with Crippen molar-refractivity contribution in [3.8, 4) is 0 Å². The van der Waals surface area contributed by atoms with Crippen LogP contribution in [-0.2, 0) is 9.53 Å². The third-order valence-corrected chi connectivity index (χ3v) is 7.80. The third kappa shape index (κ3) is 4.30. The van der Waals surface area contributed by atoms with Crippen LogP contribution in [0.5, 0.6) is 0 Å². The van der Waals surface area contributed by atoms with Crippen molar-refractivity contribution in [2.45, 2.75) is 73.0 Å². The molecular formula is C26H38O3. The molecule has 3 heteroatoms. The Labute approximate surface area is 176 Å². The average Bonchev–Trinajstić information content (AvgIpc) is 3.00. The van der Waals surface area contributed by atoms with Gasteiger partial charge in [-0.05, 0) is 60.0 Å². The van der Waals surface area contributed by atoms with E-state index in [0.29, 0.717) is 17.8 Å². The molecule has 3 rings (SSSR count). The fourth-order valence-corrected chi connectivity index (χ4v) is 6.05. The normalized spacial score (nSPS) is 36.8. The Bertz CT molecular complexity index is 736. The molecule has 160 valence electrons. The molecule has 2 saturated carbocycles. The highest BCUT2D eigenvalue weighted by molar-refractivity contribution is 5.87. The molecule has 3 nitrogen and oxygen atoms in total. The average molecular weight is 399 g/mol. The number of aliphatic hydroxyl groups excluding tert-OH is 1. The lowest BCUT2D eigenvalue weighted by atomic mass is 9.62. The molecule has 0 spiro atoms. The first kappa shape index (κ1) is 22.1. The molecule has 2 aliphatic carbocycles. The fraction of sp³-hybridized carbons (Fsp3) is 0.654. The van der Waals surface area contributed by atoms with Gasteiger partial charge in [0.1, 0.15) is 6.10 Å². The minimum absolute atomic E-state index is 0.197. The second kappa shape index (κ2) is 8.26. The molecule has 0 aromatic heterocycles. The minimum Gasteiger partial charge on any atom is -0.458 e. The summed E-state index contributed by atoms with van der Waals surface area (Å²) in [7, 11) is 0. The number of carbonyl (C=O) groups is 1. The second-order valence-corrected chi connectivity index (χ2v) is 10.7. The molecule has 0 amide bonds. The summed E-state index contributed by atoms with van der Waals surface area (Å²) >= 11 is 0. The summed E-state index contributed by atoms with van der Waals surface area (Å²) in [6.45, 7) is 13.1. The van der Waals surface area contributed by atoms with Gasteiger partial charge in [-0.3, -0.25) is 0 Å². The van der Waals surface area contributed by atoms with Crippen LogP contribution >= 0.6 is 0 Å². The smallest absolute Gasteiger partial charge is 0.331 e. The van der Waals surface area contributed by atoms with Crippen molar-refractivity contribution in [3.05, 3.63) is 42.0 Å². The first-order valence-corrected chi connectivity index (χ1v) is 11.2. The number of ether oxygens (including phenoxy) is 1. The van der Waals surface area contributed by atoms with Crippen LogP contribution in [0, 0.1) is 34.5 Å².